The lowest BCUT2D eigenvalue weighted by Gasteiger charge is -2.25. The van der Waals surface area contributed by atoms with Gasteiger partial charge in [-0.1, -0.05) is 32.6 Å². The fourth-order valence-corrected chi connectivity index (χ4v) is 2.34. The highest BCUT2D eigenvalue weighted by molar-refractivity contribution is 5.89. The molecule has 0 saturated heterocycles. The van der Waals surface area contributed by atoms with Crippen molar-refractivity contribution in [2.24, 2.45) is 11.8 Å². The molecule has 1 aliphatic rings. The van der Waals surface area contributed by atoms with Gasteiger partial charge in [-0.05, 0) is 23.5 Å². The monoisotopic (exact) mass is 237 g/mol. The second-order valence-electron chi connectivity index (χ2n) is 4.91. The van der Waals surface area contributed by atoms with Gasteiger partial charge in [0, 0.05) is 6.54 Å². The van der Waals surface area contributed by atoms with Crippen LogP contribution < -0.4 is 5.32 Å². The molecule has 0 atom stereocenters. The molecule has 1 aromatic heterocycles. The lowest BCUT2D eigenvalue weighted by Crippen LogP contribution is -2.27. The van der Waals surface area contributed by atoms with E-state index in [2.05, 4.69) is 32.9 Å². The van der Waals surface area contributed by atoms with Crippen molar-refractivity contribution in [1.82, 2.24) is 25.9 Å². The minimum Gasteiger partial charge on any atom is -0.349 e. The van der Waals surface area contributed by atoms with Gasteiger partial charge < -0.3 is 5.32 Å². The molecule has 6 heteroatoms. The van der Waals surface area contributed by atoms with E-state index < -0.39 is 0 Å². The van der Waals surface area contributed by atoms with Crippen molar-refractivity contribution in [2.75, 3.05) is 6.54 Å². The number of H-pyrrole nitrogens is 1. The molecule has 1 aromatic rings. The number of carbonyl (C=O) groups excluding carboxylic acids is 1. The normalized spacial score (nSPS) is 24.5. The van der Waals surface area contributed by atoms with Crippen molar-refractivity contribution in [3.63, 3.8) is 0 Å². The van der Waals surface area contributed by atoms with E-state index in [-0.39, 0.29) is 11.7 Å². The van der Waals surface area contributed by atoms with Crippen molar-refractivity contribution in [3.8, 4) is 0 Å². The number of nitrogens with zero attached hydrogens (tertiary/aromatic N) is 3. The Morgan fingerprint density at radius 1 is 1.41 bits per heavy atom. The van der Waals surface area contributed by atoms with E-state index in [1.54, 1.807) is 0 Å². The van der Waals surface area contributed by atoms with Gasteiger partial charge in [0.2, 0.25) is 0 Å². The number of hydrogen-bond donors (Lipinski definition) is 2. The highest BCUT2D eigenvalue weighted by Gasteiger charge is 2.18. The molecule has 0 bridgehead atoms. The molecule has 0 aliphatic heterocycles. The molecule has 94 valence electrons. The van der Waals surface area contributed by atoms with Crippen LogP contribution in [0.5, 0.6) is 0 Å². The number of aromatic nitrogens is 4. The Morgan fingerprint density at radius 2 is 2.18 bits per heavy atom. The second kappa shape index (κ2) is 5.75. The molecule has 1 aliphatic carbocycles. The van der Waals surface area contributed by atoms with Gasteiger partial charge in [0.15, 0.2) is 0 Å². The molecule has 1 heterocycles. The van der Waals surface area contributed by atoms with Crippen LogP contribution >= 0.6 is 0 Å². The van der Waals surface area contributed by atoms with Crippen LogP contribution in [0, 0.1) is 11.8 Å². The number of carbonyl (C=O) groups is 1. The van der Waals surface area contributed by atoms with Crippen molar-refractivity contribution < 1.29 is 4.79 Å². The highest BCUT2D eigenvalue weighted by Crippen LogP contribution is 2.29. The maximum atomic E-state index is 11.5. The largest absolute Gasteiger partial charge is 0.349 e. The molecular formula is C11H19N5O. The summed E-state index contributed by atoms with van der Waals surface area (Å²) in [6.45, 7) is 3.01. The van der Waals surface area contributed by atoms with E-state index in [0.29, 0.717) is 6.54 Å². The van der Waals surface area contributed by atoms with Crippen LogP contribution in [0.4, 0.5) is 0 Å². The fraction of sp³-hybridized carbons (Fsp3) is 0.818. The van der Waals surface area contributed by atoms with E-state index in [1.165, 1.54) is 25.7 Å². The zero-order valence-electron chi connectivity index (χ0n) is 10.1. The van der Waals surface area contributed by atoms with Crippen LogP contribution in [0.15, 0.2) is 0 Å². The Labute approximate surface area is 101 Å². The number of rotatable bonds is 4. The number of nitrogens with one attached hydrogen (secondary N) is 2. The summed E-state index contributed by atoms with van der Waals surface area (Å²) in [6.07, 6.45) is 6.28. The Balaban J connectivity index is 1.64. The average molecular weight is 237 g/mol. The van der Waals surface area contributed by atoms with E-state index >= 15 is 0 Å². The molecule has 1 amide bonds. The van der Waals surface area contributed by atoms with Crippen molar-refractivity contribution in [3.05, 3.63) is 5.82 Å². The van der Waals surface area contributed by atoms with E-state index in [0.717, 1.165) is 18.3 Å². The second-order valence-corrected chi connectivity index (χ2v) is 4.91. The van der Waals surface area contributed by atoms with E-state index in [4.69, 9.17) is 0 Å². The van der Waals surface area contributed by atoms with Gasteiger partial charge in [0.05, 0.1) is 0 Å². The first-order valence-electron chi connectivity index (χ1n) is 6.27. The summed E-state index contributed by atoms with van der Waals surface area (Å²) in [7, 11) is 0. The molecule has 1 saturated carbocycles. The van der Waals surface area contributed by atoms with Gasteiger partial charge in [-0.2, -0.15) is 5.21 Å². The predicted octanol–water partition coefficient (Wildman–Crippen LogP) is 1.15. The minimum atomic E-state index is -0.247. The van der Waals surface area contributed by atoms with Gasteiger partial charge in [-0.15, -0.1) is 10.2 Å². The Kier molecular flexibility index (Phi) is 4.06. The lowest BCUT2D eigenvalue weighted by atomic mass is 9.81. The Bertz CT molecular complexity index is 343. The van der Waals surface area contributed by atoms with Crippen molar-refractivity contribution >= 4 is 5.91 Å². The summed E-state index contributed by atoms with van der Waals surface area (Å²) in [5.74, 6) is 1.50. The molecule has 2 rings (SSSR count). The van der Waals surface area contributed by atoms with Crippen molar-refractivity contribution in [1.29, 1.82) is 0 Å². The third-order valence-electron chi connectivity index (χ3n) is 3.52. The fourth-order valence-electron chi connectivity index (χ4n) is 2.34. The number of hydrogen-bond acceptors (Lipinski definition) is 4. The zero-order chi connectivity index (χ0) is 12.1. The van der Waals surface area contributed by atoms with Gasteiger partial charge >= 0.3 is 0 Å². The Hall–Kier alpha value is -1.46. The summed E-state index contributed by atoms with van der Waals surface area (Å²) in [5, 5.41) is 15.7. The average Bonchev–Trinajstić information content (AvgIpc) is 2.85. The number of amides is 1. The summed E-state index contributed by atoms with van der Waals surface area (Å²) >= 11 is 0. The summed E-state index contributed by atoms with van der Waals surface area (Å²) < 4.78 is 0. The topological polar surface area (TPSA) is 83.6 Å². The van der Waals surface area contributed by atoms with Gasteiger partial charge in [-0.3, -0.25) is 4.79 Å². The van der Waals surface area contributed by atoms with Crippen LogP contribution in [0.2, 0.25) is 0 Å². The summed E-state index contributed by atoms with van der Waals surface area (Å²) in [6, 6.07) is 0. The van der Waals surface area contributed by atoms with Gasteiger partial charge in [0.25, 0.3) is 11.7 Å². The summed E-state index contributed by atoms with van der Waals surface area (Å²) in [5.41, 5.74) is 0. The molecule has 1 fully saturated rings. The molecule has 6 nitrogen and oxygen atoms in total. The number of aromatic amines is 1. The van der Waals surface area contributed by atoms with E-state index in [1.807, 2.05) is 0 Å². The van der Waals surface area contributed by atoms with Gasteiger partial charge in [0.1, 0.15) is 0 Å². The van der Waals surface area contributed by atoms with Gasteiger partial charge in [-0.25, -0.2) is 0 Å². The first-order valence-corrected chi connectivity index (χ1v) is 6.27. The van der Waals surface area contributed by atoms with Crippen LogP contribution in [0.25, 0.3) is 0 Å². The molecule has 0 spiro atoms. The van der Waals surface area contributed by atoms with Crippen LogP contribution in [-0.4, -0.2) is 33.1 Å². The van der Waals surface area contributed by atoms with E-state index in [9.17, 15) is 4.79 Å². The maximum absolute atomic E-state index is 11.5. The van der Waals surface area contributed by atoms with Crippen LogP contribution in [0.3, 0.4) is 0 Å². The predicted molar refractivity (Wildman–Crippen MR) is 62.2 cm³/mol. The lowest BCUT2D eigenvalue weighted by molar-refractivity contribution is 0.0939. The molecule has 0 unspecified atom stereocenters. The minimum absolute atomic E-state index is 0.113. The quantitative estimate of drug-likeness (QED) is 0.822. The zero-order valence-corrected chi connectivity index (χ0v) is 10.1. The smallest absolute Gasteiger partial charge is 0.292 e. The Morgan fingerprint density at radius 3 is 2.82 bits per heavy atom. The van der Waals surface area contributed by atoms with Crippen LogP contribution in [-0.2, 0) is 0 Å². The molecule has 0 radical (unpaired) electrons. The molecule has 17 heavy (non-hydrogen) atoms. The molecule has 0 aromatic carbocycles. The maximum Gasteiger partial charge on any atom is 0.292 e. The molecular weight excluding hydrogens is 218 g/mol. The summed E-state index contributed by atoms with van der Waals surface area (Å²) in [4.78, 5) is 11.5. The third-order valence-corrected chi connectivity index (χ3v) is 3.52. The third kappa shape index (κ3) is 3.51. The first-order chi connectivity index (χ1) is 8.25. The highest BCUT2D eigenvalue weighted by atomic mass is 16.2. The first kappa shape index (κ1) is 12.0. The van der Waals surface area contributed by atoms with Crippen molar-refractivity contribution in [2.45, 2.75) is 39.0 Å². The van der Waals surface area contributed by atoms with Crippen LogP contribution in [0.1, 0.15) is 49.6 Å². The molecule has 2 N–H and O–H groups in total. The number of tetrazole rings is 1. The SMILES string of the molecule is CC1CCC(CCNC(=O)c2nn[nH]n2)CC1. The standard InChI is InChI=1S/C11H19N5O/c1-8-2-4-9(5-3-8)6-7-12-11(17)10-13-15-16-14-10/h8-9H,2-7H2,1H3,(H,12,17)(H,13,14,15,16).